The molecule has 0 saturated heterocycles. The van der Waals surface area contributed by atoms with Gasteiger partial charge in [-0.25, -0.2) is 0 Å². The van der Waals surface area contributed by atoms with Gasteiger partial charge in [0.05, 0.1) is 12.2 Å². The van der Waals surface area contributed by atoms with Crippen molar-refractivity contribution in [3.05, 3.63) is 0 Å². The molecule has 3 unspecified atom stereocenters. The first-order valence-corrected chi connectivity index (χ1v) is 4.71. The Labute approximate surface area is 69.6 Å². The fraction of sp³-hybridized carbons (Fsp3) is 1.00. The van der Waals surface area contributed by atoms with E-state index in [9.17, 15) is 5.11 Å². The van der Waals surface area contributed by atoms with Gasteiger partial charge in [-0.1, -0.05) is 0 Å². The largest absolute Gasteiger partial charge is 0.396 e. The molecule has 0 rings (SSSR count). The zero-order valence-corrected chi connectivity index (χ0v) is 7.76. The third-order valence-electron chi connectivity index (χ3n) is 1.59. The van der Waals surface area contributed by atoms with Crippen LogP contribution in [0.1, 0.15) is 19.3 Å². The van der Waals surface area contributed by atoms with E-state index in [4.69, 9.17) is 10.2 Å². The molecule has 0 aliphatic rings. The molecule has 11 heavy (non-hydrogen) atoms. The van der Waals surface area contributed by atoms with Crippen molar-refractivity contribution >= 4 is 9.24 Å². The maximum Gasteiger partial charge on any atom is 0.0833 e. The number of aliphatic hydroxyl groups excluding tert-OH is 3. The van der Waals surface area contributed by atoms with Crippen molar-refractivity contribution in [2.75, 3.05) is 12.8 Å². The van der Waals surface area contributed by atoms with Crippen LogP contribution >= 0.6 is 9.24 Å². The molecular weight excluding hydrogens is 163 g/mol. The van der Waals surface area contributed by atoms with Gasteiger partial charge in [-0.2, -0.15) is 0 Å². The number of hydrogen-bond acceptors (Lipinski definition) is 3. The predicted octanol–water partition coefficient (Wildman–Crippen LogP) is -0.254. The Hall–Kier alpha value is 0.310. The van der Waals surface area contributed by atoms with Crippen molar-refractivity contribution in [3.8, 4) is 0 Å². The lowest BCUT2D eigenvalue weighted by molar-refractivity contribution is 0.0268. The summed E-state index contributed by atoms with van der Waals surface area (Å²) in [5.41, 5.74) is 0. The van der Waals surface area contributed by atoms with E-state index >= 15 is 0 Å². The maximum atomic E-state index is 9.20. The first-order chi connectivity index (χ1) is 5.22. The molecule has 0 aliphatic heterocycles. The van der Waals surface area contributed by atoms with Crippen LogP contribution in [0.4, 0.5) is 0 Å². The zero-order valence-electron chi connectivity index (χ0n) is 6.61. The van der Waals surface area contributed by atoms with Gasteiger partial charge in [0.1, 0.15) is 0 Å². The first kappa shape index (κ1) is 11.3. The molecule has 0 saturated carbocycles. The lowest BCUT2D eigenvalue weighted by Gasteiger charge is -2.14. The van der Waals surface area contributed by atoms with E-state index in [0.29, 0.717) is 19.0 Å². The summed E-state index contributed by atoms with van der Waals surface area (Å²) in [6, 6.07) is 0. The molecule has 3 atom stereocenters. The van der Waals surface area contributed by atoms with Crippen molar-refractivity contribution in [2.24, 2.45) is 0 Å². The summed E-state index contributed by atoms with van der Waals surface area (Å²) in [5.74, 6) is 0. The number of aliphatic hydroxyl groups is 3. The van der Waals surface area contributed by atoms with E-state index in [2.05, 4.69) is 9.24 Å². The molecule has 0 aliphatic carbocycles. The minimum atomic E-state index is -0.640. The zero-order chi connectivity index (χ0) is 8.69. The van der Waals surface area contributed by atoms with Gasteiger partial charge in [-0.3, -0.25) is 0 Å². The second kappa shape index (κ2) is 6.99. The van der Waals surface area contributed by atoms with Crippen LogP contribution in [0.5, 0.6) is 0 Å². The van der Waals surface area contributed by atoms with Crippen molar-refractivity contribution in [3.63, 3.8) is 0 Å². The van der Waals surface area contributed by atoms with Gasteiger partial charge >= 0.3 is 0 Å². The van der Waals surface area contributed by atoms with Crippen LogP contribution in [0.3, 0.4) is 0 Å². The van der Waals surface area contributed by atoms with Crippen LogP contribution in [0.15, 0.2) is 0 Å². The second-order valence-electron chi connectivity index (χ2n) is 2.59. The average molecular weight is 180 g/mol. The number of rotatable bonds is 6. The predicted molar refractivity (Wildman–Crippen MR) is 47.5 cm³/mol. The van der Waals surface area contributed by atoms with E-state index in [1.807, 2.05) is 0 Å². The third kappa shape index (κ3) is 5.57. The lowest BCUT2D eigenvalue weighted by atomic mass is 10.1. The molecule has 0 fully saturated rings. The van der Waals surface area contributed by atoms with Gasteiger partial charge in [0.2, 0.25) is 0 Å². The van der Waals surface area contributed by atoms with Gasteiger partial charge < -0.3 is 15.3 Å². The summed E-state index contributed by atoms with van der Waals surface area (Å²) < 4.78 is 0. The van der Waals surface area contributed by atoms with Crippen molar-refractivity contribution in [1.82, 2.24) is 0 Å². The summed E-state index contributed by atoms with van der Waals surface area (Å²) in [5, 5.41) is 26.7. The van der Waals surface area contributed by atoms with E-state index in [1.54, 1.807) is 0 Å². The Morgan fingerprint density at radius 2 is 1.73 bits per heavy atom. The Morgan fingerprint density at radius 1 is 1.09 bits per heavy atom. The summed E-state index contributed by atoms with van der Waals surface area (Å²) in [4.78, 5) is 0. The molecule has 3 N–H and O–H groups in total. The summed E-state index contributed by atoms with van der Waals surface area (Å²) in [6.07, 6.45) is 1.24. The van der Waals surface area contributed by atoms with Crippen LogP contribution in [-0.2, 0) is 0 Å². The third-order valence-corrected chi connectivity index (χ3v) is 2.08. The van der Waals surface area contributed by atoms with Crippen LogP contribution in [0.25, 0.3) is 0 Å². The van der Waals surface area contributed by atoms with Crippen LogP contribution in [0, 0.1) is 0 Å². The van der Waals surface area contributed by atoms with Gasteiger partial charge in [0.25, 0.3) is 0 Å². The highest BCUT2D eigenvalue weighted by Crippen LogP contribution is 2.06. The van der Waals surface area contributed by atoms with Crippen LogP contribution in [0.2, 0.25) is 0 Å². The summed E-state index contributed by atoms with van der Waals surface area (Å²) >= 11 is 0. The highest BCUT2D eigenvalue weighted by Gasteiger charge is 2.12. The monoisotopic (exact) mass is 180 g/mol. The molecule has 68 valence electrons. The van der Waals surface area contributed by atoms with E-state index in [1.165, 1.54) is 0 Å². The van der Waals surface area contributed by atoms with E-state index in [-0.39, 0.29) is 6.61 Å². The van der Waals surface area contributed by atoms with Gasteiger partial charge in [-0.15, -0.1) is 9.24 Å². The smallest absolute Gasteiger partial charge is 0.0833 e. The summed E-state index contributed by atoms with van der Waals surface area (Å²) in [7, 11) is 2.38. The normalized spacial score (nSPS) is 16.4. The molecule has 0 aromatic heterocycles. The van der Waals surface area contributed by atoms with E-state index in [0.717, 1.165) is 6.42 Å². The molecule has 0 amide bonds. The molecule has 0 heterocycles. The van der Waals surface area contributed by atoms with Gasteiger partial charge in [0.15, 0.2) is 0 Å². The van der Waals surface area contributed by atoms with Gasteiger partial charge in [-0.05, 0) is 25.4 Å². The molecule has 0 bridgehead atoms. The molecule has 0 aromatic carbocycles. The van der Waals surface area contributed by atoms with Gasteiger partial charge in [0, 0.05) is 6.61 Å². The van der Waals surface area contributed by atoms with E-state index < -0.39 is 12.2 Å². The average Bonchev–Trinajstić information content (AvgIpc) is 2.03. The van der Waals surface area contributed by atoms with Crippen LogP contribution < -0.4 is 0 Å². The second-order valence-corrected chi connectivity index (χ2v) is 3.06. The Bertz CT molecular complexity index is 89.8. The first-order valence-electron chi connectivity index (χ1n) is 3.89. The minimum absolute atomic E-state index is 0.156. The summed E-state index contributed by atoms with van der Waals surface area (Å²) in [6.45, 7) is 0.156. The lowest BCUT2D eigenvalue weighted by Crippen LogP contribution is -2.26. The minimum Gasteiger partial charge on any atom is -0.396 e. The number of unbranched alkanes of at least 4 members (excludes halogenated alkanes) is 1. The molecule has 0 radical (unpaired) electrons. The standard InChI is InChI=1S/C7H17O3P/c8-4-2-1-3-6(9)7(10)5-11/h6-10H,1-5,11H2. The maximum absolute atomic E-state index is 9.20. The quantitative estimate of drug-likeness (QED) is 0.390. The highest BCUT2D eigenvalue weighted by molar-refractivity contribution is 7.16. The SMILES string of the molecule is OCCCCC(O)C(O)CP. The van der Waals surface area contributed by atoms with Crippen molar-refractivity contribution in [2.45, 2.75) is 31.5 Å². The highest BCUT2D eigenvalue weighted by atomic mass is 31.0. The topological polar surface area (TPSA) is 60.7 Å². The molecule has 0 aromatic rings. The van der Waals surface area contributed by atoms with Crippen molar-refractivity contribution < 1.29 is 15.3 Å². The van der Waals surface area contributed by atoms with Crippen molar-refractivity contribution in [1.29, 1.82) is 0 Å². The Kier molecular flexibility index (Phi) is 7.18. The Morgan fingerprint density at radius 3 is 2.18 bits per heavy atom. The number of hydrogen-bond donors (Lipinski definition) is 3. The fourth-order valence-corrected chi connectivity index (χ4v) is 1.13. The Balaban J connectivity index is 3.28. The fourth-order valence-electron chi connectivity index (χ4n) is 0.815. The molecule has 4 heteroatoms. The molecule has 0 spiro atoms. The van der Waals surface area contributed by atoms with Crippen LogP contribution in [-0.4, -0.2) is 40.3 Å². The molecule has 3 nitrogen and oxygen atoms in total. The molecular formula is C7H17O3P.